The summed E-state index contributed by atoms with van der Waals surface area (Å²) in [5, 5.41) is 16.9. The summed E-state index contributed by atoms with van der Waals surface area (Å²) < 4.78 is 1.86. The number of hydrogen-bond donors (Lipinski definition) is 1. The zero-order valence-corrected chi connectivity index (χ0v) is 16.6. The van der Waals surface area contributed by atoms with E-state index in [1.807, 2.05) is 16.6 Å². The van der Waals surface area contributed by atoms with E-state index in [1.165, 1.54) is 5.56 Å². The molecule has 0 radical (unpaired) electrons. The molecule has 2 aromatic heterocycles. The van der Waals surface area contributed by atoms with Crippen LogP contribution >= 0.6 is 0 Å². The standard InChI is InChI=1S/C21H28N6/c1-15-12-17(14-26(15)13-16-8-6-5-7-9-16)22-18-10-11-19-23-24-20(21(2,3)4)27(19)25-18/h5-11,15,17H,12-14H2,1-4H3,(H,22,25). The Morgan fingerprint density at radius 1 is 1.07 bits per heavy atom. The second-order valence-corrected chi connectivity index (χ2v) is 8.60. The van der Waals surface area contributed by atoms with Crippen LogP contribution in [-0.4, -0.2) is 43.3 Å². The van der Waals surface area contributed by atoms with Crippen LogP contribution in [0.3, 0.4) is 0 Å². The maximum absolute atomic E-state index is 4.76. The average molecular weight is 364 g/mol. The van der Waals surface area contributed by atoms with Gasteiger partial charge in [0.25, 0.3) is 0 Å². The second kappa shape index (κ2) is 6.93. The number of nitrogens with one attached hydrogen (secondary N) is 1. The van der Waals surface area contributed by atoms with Crippen molar-refractivity contribution in [1.29, 1.82) is 0 Å². The summed E-state index contributed by atoms with van der Waals surface area (Å²) in [4.78, 5) is 2.53. The minimum atomic E-state index is -0.0978. The van der Waals surface area contributed by atoms with Crippen LogP contribution in [0.2, 0.25) is 0 Å². The van der Waals surface area contributed by atoms with Crippen LogP contribution in [0, 0.1) is 0 Å². The molecule has 0 bridgehead atoms. The molecule has 0 aliphatic carbocycles. The molecule has 3 aromatic rings. The summed E-state index contributed by atoms with van der Waals surface area (Å²) in [6.45, 7) is 10.7. The van der Waals surface area contributed by atoms with E-state index in [1.54, 1.807) is 0 Å². The maximum atomic E-state index is 4.76. The Kier molecular flexibility index (Phi) is 4.60. The molecule has 1 aliphatic heterocycles. The van der Waals surface area contributed by atoms with Crippen LogP contribution < -0.4 is 5.32 Å². The van der Waals surface area contributed by atoms with Gasteiger partial charge in [-0.3, -0.25) is 4.90 Å². The lowest BCUT2D eigenvalue weighted by Crippen LogP contribution is -2.28. The van der Waals surface area contributed by atoms with Crippen LogP contribution in [0.5, 0.6) is 0 Å². The molecule has 6 heteroatoms. The van der Waals surface area contributed by atoms with E-state index < -0.39 is 0 Å². The second-order valence-electron chi connectivity index (χ2n) is 8.60. The summed E-state index contributed by atoms with van der Waals surface area (Å²) in [5.74, 6) is 1.76. The quantitative estimate of drug-likeness (QED) is 0.768. The molecule has 1 fully saturated rings. The van der Waals surface area contributed by atoms with Crippen LogP contribution in [0.4, 0.5) is 5.82 Å². The molecule has 3 heterocycles. The number of anilines is 1. The van der Waals surface area contributed by atoms with Crippen LogP contribution in [0.15, 0.2) is 42.5 Å². The molecule has 0 spiro atoms. The summed E-state index contributed by atoms with van der Waals surface area (Å²) in [7, 11) is 0. The van der Waals surface area contributed by atoms with E-state index in [2.05, 4.69) is 78.4 Å². The Balaban J connectivity index is 1.48. The highest BCUT2D eigenvalue weighted by molar-refractivity contribution is 5.45. The van der Waals surface area contributed by atoms with Gasteiger partial charge in [0.2, 0.25) is 0 Å². The number of fused-ring (bicyclic) bond motifs is 1. The van der Waals surface area contributed by atoms with E-state index >= 15 is 0 Å². The van der Waals surface area contributed by atoms with Gasteiger partial charge in [0.05, 0.1) is 0 Å². The van der Waals surface area contributed by atoms with Gasteiger partial charge in [-0.25, -0.2) is 0 Å². The fourth-order valence-corrected chi connectivity index (χ4v) is 3.78. The van der Waals surface area contributed by atoms with E-state index in [0.29, 0.717) is 12.1 Å². The summed E-state index contributed by atoms with van der Waals surface area (Å²) >= 11 is 0. The number of nitrogens with zero attached hydrogens (tertiary/aromatic N) is 5. The number of hydrogen-bond acceptors (Lipinski definition) is 5. The largest absolute Gasteiger partial charge is 0.365 e. The molecule has 0 amide bonds. The predicted octanol–water partition coefficient (Wildman–Crippen LogP) is 3.50. The fourth-order valence-electron chi connectivity index (χ4n) is 3.78. The first kappa shape index (κ1) is 17.9. The van der Waals surface area contributed by atoms with Crippen molar-refractivity contribution >= 4 is 11.5 Å². The number of likely N-dealkylation sites (tertiary alicyclic amines) is 1. The van der Waals surface area contributed by atoms with Crippen molar-refractivity contribution in [3.63, 3.8) is 0 Å². The normalized spacial score (nSPS) is 21.0. The molecule has 4 rings (SSSR count). The highest BCUT2D eigenvalue weighted by atomic mass is 15.4. The first-order valence-corrected chi connectivity index (χ1v) is 9.67. The highest BCUT2D eigenvalue weighted by Crippen LogP contribution is 2.24. The Morgan fingerprint density at radius 2 is 1.85 bits per heavy atom. The predicted molar refractivity (Wildman–Crippen MR) is 108 cm³/mol. The summed E-state index contributed by atoms with van der Waals surface area (Å²) in [5.41, 5.74) is 2.05. The van der Waals surface area contributed by atoms with Crippen LogP contribution in [0.1, 0.15) is 45.5 Å². The fraction of sp³-hybridized carbons (Fsp3) is 0.476. The van der Waals surface area contributed by atoms with Gasteiger partial charge in [-0.1, -0.05) is 51.1 Å². The molecule has 1 aromatic carbocycles. The van der Waals surface area contributed by atoms with Crippen molar-refractivity contribution in [1.82, 2.24) is 24.7 Å². The lowest BCUT2D eigenvalue weighted by Gasteiger charge is -2.21. The van der Waals surface area contributed by atoms with Gasteiger partial charge in [0, 0.05) is 30.6 Å². The molecule has 1 N–H and O–H groups in total. The maximum Gasteiger partial charge on any atom is 0.178 e. The zero-order chi connectivity index (χ0) is 19.0. The van der Waals surface area contributed by atoms with Gasteiger partial charge in [-0.15, -0.1) is 15.3 Å². The monoisotopic (exact) mass is 364 g/mol. The third-order valence-electron chi connectivity index (χ3n) is 5.22. The Morgan fingerprint density at radius 3 is 2.59 bits per heavy atom. The molecule has 1 saturated heterocycles. The number of benzene rings is 1. The van der Waals surface area contributed by atoms with Crippen LogP contribution in [0.25, 0.3) is 5.65 Å². The SMILES string of the molecule is CC1CC(Nc2ccc3nnc(C(C)(C)C)n3n2)CN1Cc1ccccc1. The van der Waals surface area contributed by atoms with Gasteiger partial charge in [0.15, 0.2) is 11.5 Å². The van der Waals surface area contributed by atoms with Crippen molar-refractivity contribution in [3.8, 4) is 0 Å². The van der Waals surface area contributed by atoms with Crippen molar-refractivity contribution in [2.45, 2.75) is 58.2 Å². The van der Waals surface area contributed by atoms with E-state index in [4.69, 9.17) is 5.10 Å². The minimum Gasteiger partial charge on any atom is -0.365 e. The van der Waals surface area contributed by atoms with E-state index in [9.17, 15) is 0 Å². The smallest absolute Gasteiger partial charge is 0.178 e. The van der Waals surface area contributed by atoms with Gasteiger partial charge in [-0.2, -0.15) is 4.52 Å². The van der Waals surface area contributed by atoms with Crippen LogP contribution in [-0.2, 0) is 12.0 Å². The third-order valence-corrected chi connectivity index (χ3v) is 5.22. The van der Waals surface area contributed by atoms with Crippen molar-refractivity contribution < 1.29 is 0 Å². The Bertz CT molecular complexity index is 911. The summed E-state index contributed by atoms with van der Waals surface area (Å²) in [6.07, 6.45) is 1.11. The molecule has 2 unspecified atom stereocenters. The first-order valence-electron chi connectivity index (χ1n) is 9.67. The van der Waals surface area contributed by atoms with Gasteiger partial charge < -0.3 is 5.32 Å². The molecular formula is C21H28N6. The van der Waals surface area contributed by atoms with Crippen molar-refractivity contribution in [2.24, 2.45) is 0 Å². The van der Waals surface area contributed by atoms with Gasteiger partial charge >= 0.3 is 0 Å². The molecule has 2 atom stereocenters. The van der Waals surface area contributed by atoms with Gasteiger partial charge in [-0.05, 0) is 31.0 Å². The highest BCUT2D eigenvalue weighted by Gasteiger charge is 2.29. The topological polar surface area (TPSA) is 58.4 Å². The Labute approximate surface area is 160 Å². The van der Waals surface area contributed by atoms with Gasteiger partial charge in [0.1, 0.15) is 5.82 Å². The molecule has 0 saturated carbocycles. The van der Waals surface area contributed by atoms with E-state index in [0.717, 1.165) is 36.8 Å². The lowest BCUT2D eigenvalue weighted by atomic mass is 9.96. The minimum absolute atomic E-state index is 0.0978. The third kappa shape index (κ3) is 3.81. The first-order chi connectivity index (χ1) is 12.9. The average Bonchev–Trinajstić information content (AvgIpc) is 3.19. The van der Waals surface area contributed by atoms with Crippen molar-refractivity contribution in [2.75, 3.05) is 11.9 Å². The molecular weight excluding hydrogens is 336 g/mol. The number of rotatable bonds is 4. The molecule has 27 heavy (non-hydrogen) atoms. The molecule has 6 nitrogen and oxygen atoms in total. The van der Waals surface area contributed by atoms with E-state index in [-0.39, 0.29) is 5.41 Å². The molecule has 1 aliphatic rings. The Hall–Kier alpha value is -2.47. The molecule has 142 valence electrons. The van der Waals surface area contributed by atoms with Crippen molar-refractivity contribution in [3.05, 3.63) is 53.9 Å². The lowest BCUT2D eigenvalue weighted by molar-refractivity contribution is 0.259. The summed E-state index contributed by atoms with van der Waals surface area (Å²) in [6, 6.07) is 15.6. The number of aromatic nitrogens is 4. The zero-order valence-electron chi connectivity index (χ0n) is 16.6.